The number of aromatic nitrogens is 2. The number of nitrogens with one attached hydrogen (secondary N) is 1. The van der Waals surface area contributed by atoms with Gasteiger partial charge in [0.2, 0.25) is 0 Å². The first kappa shape index (κ1) is 14.7. The first-order chi connectivity index (χ1) is 10.9. The van der Waals surface area contributed by atoms with Crippen LogP contribution in [-0.4, -0.2) is 27.0 Å². The Bertz CT molecular complexity index is 930. The molecular formula is C16H13N3O4. The molecule has 0 fully saturated rings. The minimum atomic E-state index is -1.09. The minimum absolute atomic E-state index is 0.0591. The maximum Gasteiger partial charge on any atom is 0.335 e. The van der Waals surface area contributed by atoms with Gasteiger partial charge in [-0.3, -0.25) is 9.78 Å². The molecule has 1 aromatic carbocycles. The Kier molecular flexibility index (Phi) is 3.53. The van der Waals surface area contributed by atoms with Crippen LogP contribution in [0.2, 0.25) is 0 Å². The van der Waals surface area contributed by atoms with Gasteiger partial charge in [0, 0.05) is 11.6 Å². The van der Waals surface area contributed by atoms with E-state index in [1.54, 1.807) is 19.2 Å². The summed E-state index contributed by atoms with van der Waals surface area (Å²) in [6, 6.07) is 4.68. The van der Waals surface area contributed by atoms with Gasteiger partial charge in [-0.25, -0.2) is 9.78 Å². The number of benzene rings is 1. The fourth-order valence-corrected chi connectivity index (χ4v) is 2.21. The number of anilines is 1. The first-order valence-electron chi connectivity index (χ1n) is 6.81. The van der Waals surface area contributed by atoms with Crippen molar-refractivity contribution in [2.24, 2.45) is 0 Å². The number of aryl methyl sites for hydroxylation is 2. The highest BCUT2D eigenvalue weighted by molar-refractivity contribution is 6.08. The number of carboxylic acids is 1. The first-order valence-corrected chi connectivity index (χ1v) is 6.81. The van der Waals surface area contributed by atoms with E-state index in [1.807, 2.05) is 6.92 Å². The van der Waals surface area contributed by atoms with Crippen LogP contribution in [0.3, 0.4) is 0 Å². The second-order valence-corrected chi connectivity index (χ2v) is 5.16. The molecule has 1 amide bonds. The van der Waals surface area contributed by atoms with Crippen molar-refractivity contribution in [1.29, 1.82) is 0 Å². The fraction of sp³-hybridized carbons (Fsp3) is 0.125. The monoisotopic (exact) mass is 311 g/mol. The number of aromatic carboxylic acids is 1. The third kappa shape index (κ3) is 2.89. The number of oxazole rings is 1. The van der Waals surface area contributed by atoms with Crippen LogP contribution >= 0.6 is 0 Å². The molecule has 3 rings (SSSR count). The average molecular weight is 311 g/mol. The fourth-order valence-electron chi connectivity index (χ4n) is 2.21. The number of carboxylic acid groups (broad SMARTS) is 1. The van der Waals surface area contributed by atoms with E-state index in [-0.39, 0.29) is 11.5 Å². The maximum absolute atomic E-state index is 12.2. The third-order valence-electron chi connectivity index (χ3n) is 3.23. The molecule has 2 aromatic heterocycles. The Hall–Kier alpha value is -3.22. The summed E-state index contributed by atoms with van der Waals surface area (Å²) in [4.78, 5) is 31.7. The predicted octanol–water partition coefficient (Wildman–Crippen LogP) is 2.79. The molecule has 0 aliphatic carbocycles. The molecule has 116 valence electrons. The van der Waals surface area contributed by atoms with Crippen molar-refractivity contribution in [2.75, 3.05) is 5.32 Å². The van der Waals surface area contributed by atoms with Gasteiger partial charge >= 0.3 is 11.9 Å². The number of fused-ring (bicyclic) bond motifs is 1. The van der Waals surface area contributed by atoms with E-state index < -0.39 is 11.9 Å². The van der Waals surface area contributed by atoms with E-state index >= 15 is 0 Å². The summed E-state index contributed by atoms with van der Waals surface area (Å²) in [7, 11) is 0. The summed E-state index contributed by atoms with van der Waals surface area (Å²) in [5.41, 5.74) is 2.32. The molecule has 7 nitrogen and oxygen atoms in total. The molecule has 3 aromatic rings. The minimum Gasteiger partial charge on any atom is -0.478 e. The lowest BCUT2D eigenvalue weighted by molar-refractivity contribution is 0.0696. The SMILES string of the molecule is Cc1cnc2c(NC(=O)c3nc(C)co3)cc(C(=O)O)cc2c1. The summed E-state index contributed by atoms with van der Waals surface area (Å²) in [6.07, 6.45) is 3.01. The van der Waals surface area contributed by atoms with Crippen LogP contribution in [0, 0.1) is 13.8 Å². The molecular weight excluding hydrogens is 298 g/mol. The second-order valence-electron chi connectivity index (χ2n) is 5.16. The number of rotatable bonds is 3. The highest BCUT2D eigenvalue weighted by Gasteiger charge is 2.16. The largest absolute Gasteiger partial charge is 0.478 e. The summed E-state index contributed by atoms with van der Waals surface area (Å²) >= 11 is 0. The predicted molar refractivity (Wildman–Crippen MR) is 82.6 cm³/mol. The van der Waals surface area contributed by atoms with Crippen molar-refractivity contribution in [3.63, 3.8) is 0 Å². The van der Waals surface area contributed by atoms with E-state index in [1.165, 1.54) is 18.4 Å². The maximum atomic E-state index is 12.2. The second kappa shape index (κ2) is 5.53. The molecule has 0 bridgehead atoms. The normalized spacial score (nSPS) is 10.7. The van der Waals surface area contributed by atoms with E-state index in [4.69, 9.17) is 4.42 Å². The van der Waals surface area contributed by atoms with Gasteiger partial charge in [-0.1, -0.05) is 0 Å². The molecule has 0 spiro atoms. The standard InChI is InChI=1S/C16H13N3O4/c1-8-3-10-4-11(16(21)22)5-12(13(10)17-6-8)19-14(20)15-18-9(2)7-23-15/h3-7H,1-2H3,(H,19,20)(H,21,22). The van der Waals surface area contributed by atoms with Crippen molar-refractivity contribution in [1.82, 2.24) is 9.97 Å². The molecule has 0 radical (unpaired) electrons. The highest BCUT2D eigenvalue weighted by Crippen LogP contribution is 2.25. The van der Waals surface area contributed by atoms with Gasteiger partial charge in [-0.15, -0.1) is 0 Å². The molecule has 0 saturated heterocycles. The third-order valence-corrected chi connectivity index (χ3v) is 3.23. The van der Waals surface area contributed by atoms with Gasteiger partial charge in [-0.05, 0) is 37.6 Å². The van der Waals surface area contributed by atoms with Gasteiger partial charge in [0.15, 0.2) is 0 Å². The van der Waals surface area contributed by atoms with Crippen LogP contribution in [-0.2, 0) is 0 Å². The molecule has 2 heterocycles. The van der Waals surface area contributed by atoms with Crippen molar-refractivity contribution in [2.45, 2.75) is 13.8 Å². The topological polar surface area (TPSA) is 105 Å². The smallest absolute Gasteiger partial charge is 0.335 e. The number of hydrogen-bond acceptors (Lipinski definition) is 5. The zero-order valence-electron chi connectivity index (χ0n) is 12.5. The molecule has 23 heavy (non-hydrogen) atoms. The molecule has 0 atom stereocenters. The van der Waals surface area contributed by atoms with Crippen molar-refractivity contribution >= 4 is 28.5 Å². The Morgan fingerprint density at radius 1 is 1.22 bits per heavy atom. The number of hydrogen-bond donors (Lipinski definition) is 2. The van der Waals surface area contributed by atoms with Crippen LogP contribution in [0.1, 0.15) is 32.3 Å². The Morgan fingerprint density at radius 2 is 2.00 bits per heavy atom. The lowest BCUT2D eigenvalue weighted by Gasteiger charge is -2.09. The van der Waals surface area contributed by atoms with Crippen LogP contribution in [0.15, 0.2) is 35.1 Å². The summed E-state index contributed by atoms with van der Waals surface area (Å²) in [5.74, 6) is -1.75. The van der Waals surface area contributed by atoms with E-state index in [0.29, 0.717) is 22.3 Å². The van der Waals surface area contributed by atoms with Gasteiger partial charge < -0.3 is 14.8 Å². The molecule has 0 saturated carbocycles. The lowest BCUT2D eigenvalue weighted by Crippen LogP contribution is -2.13. The lowest BCUT2D eigenvalue weighted by atomic mass is 10.1. The van der Waals surface area contributed by atoms with Crippen molar-refractivity contribution in [3.8, 4) is 0 Å². The summed E-state index contributed by atoms with van der Waals surface area (Å²) < 4.78 is 5.05. The number of amides is 1. The number of carbonyl (C=O) groups excluding carboxylic acids is 1. The van der Waals surface area contributed by atoms with Crippen LogP contribution in [0.4, 0.5) is 5.69 Å². The average Bonchev–Trinajstić information content (AvgIpc) is 2.93. The number of nitrogens with zero attached hydrogens (tertiary/aromatic N) is 2. The van der Waals surface area contributed by atoms with E-state index in [2.05, 4.69) is 15.3 Å². The van der Waals surface area contributed by atoms with Gasteiger partial charge in [-0.2, -0.15) is 0 Å². The van der Waals surface area contributed by atoms with Crippen LogP contribution in [0.25, 0.3) is 10.9 Å². The molecule has 0 aliphatic rings. The number of pyridine rings is 1. The Labute approximate surface area is 131 Å². The molecule has 0 unspecified atom stereocenters. The quantitative estimate of drug-likeness (QED) is 0.770. The zero-order chi connectivity index (χ0) is 16.6. The highest BCUT2D eigenvalue weighted by atomic mass is 16.4. The zero-order valence-corrected chi connectivity index (χ0v) is 12.5. The van der Waals surface area contributed by atoms with Crippen LogP contribution in [0.5, 0.6) is 0 Å². The van der Waals surface area contributed by atoms with Crippen molar-refractivity contribution in [3.05, 3.63) is 53.4 Å². The molecule has 7 heteroatoms. The Morgan fingerprint density at radius 3 is 2.65 bits per heavy atom. The van der Waals surface area contributed by atoms with Crippen molar-refractivity contribution < 1.29 is 19.1 Å². The summed E-state index contributed by atoms with van der Waals surface area (Å²) in [5, 5.41) is 12.5. The Balaban J connectivity index is 2.08. The van der Waals surface area contributed by atoms with E-state index in [9.17, 15) is 14.7 Å². The van der Waals surface area contributed by atoms with Crippen LogP contribution < -0.4 is 5.32 Å². The summed E-state index contributed by atoms with van der Waals surface area (Å²) in [6.45, 7) is 3.55. The number of carbonyl (C=O) groups is 2. The molecule has 0 aliphatic heterocycles. The van der Waals surface area contributed by atoms with Gasteiger partial charge in [0.05, 0.1) is 22.5 Å². The van der Waals surface area contributed by atoms with Gasteiger partial charge in [0.25, 0.3) is 5.89 Å². The van der Waals surface area contributed by atoms with Gasteiger partial charge in [0.1, 0.15) is 6.26 Å². The molecule has 2 N–H and O–H groups in total. The van der Waals surface area contributed by atoms with E-state index in [0.717, 1.165) is 5.56 Å².